The number of aryl methyl sites for hydroxylation is 1. The van der Waals surface area contributed by atoms with Crippen molar-refractivity contribution in [3.63, 3.8) is 0 Å². The van der Waals surface area contributed by atoms with Crippen molar-refractivity contribution in [3.05, 3.63) is 47.1 Å². The number of allylic oxidation sites excluding steroid dienone is 4. The minimum atomic E-state index is -1.74. The van der Waals surface area contributed by atoms with Crippen LogP contribution in [0.25, 0.3) is 0 Å². The molecule has 2 rings (SSSR count). The molecule has 1 fully saturated rings. The van der Waals surface area contributed by atoms with Crippen molar-refractivity contribution in [2.24, 2.45) is 0 Å². The van der Waals surface area contributed by atoms with Gasteiger partial charge >= 0.3 is 5.97 Å². The van der Waals surface area contributed by atoms with Crippen LogP contribution >= 0.6 is 0 Å². The number of benzene rings is 1. The maximum absolute atomic E-state index is 12.4. The van der Waals surface area contributed by atoms with Gasteiger partial charge in [0.25, 0.3) is 0 Å². The summed E-state index contributed by atoms with van der Waals surface area (Å²) in [6.07, 6.45) is 1.49. The topological polar surface area (TPSA) is 157 Å². The molecule has 1 aromatic carbocycles. The summed E-state index contributed by atoms with van der Waals surface area (Å²) in [6.45, 7) is 1.33. The Labute approximate surface area is 180 Å². The zero-order valence-electron chi connectivity index (χ0n) is 17.5. The summed E-state index contributed by atoms with van der Waals surface area (Å²) >= 11 is 0. The number of carbonyl (C=O) groups is 1. The summed E-state index contributed by atoms with van der Waals surface area (Å²) in [5.74, 6) is -1.99. The third kappa shape index (κ3) is 5.44. The van der Waals surface area contributed by atoms with Gasteiger partial charge in [0, 0.05) is 0 Å². The van der Waals surface area contributed by atoms with Crippen LogP contribution in [0.4, 0.5) is 0 Å². The normalized spacial score (nSPS) is 26.6. The fourth-order valence-electron chi connectivity index (χ4n) is 3.50. The maximum atomic E-state index is 12.4. The van der Waals surface area contributed by atoms with Crippen LogP contribution in [0, 0.1) is 0 Å². The number of aromatic hydroxyl groups is 2. The van der Waals surface area contributed by atoms with E-state index in [1.807, 2.05) is 31.2 Å². The van der Waals surface area contributed by atoms with Gasteiger partial charge in [0.2, 0.25) is 0 Å². The molecule has 0 spiro atoms. The number of hydrogen-bond donors (Lipinski definition) is 6. The molecule has 1 aliphatic heterocycles. The first kappa shape index (κ1) is 24.8. The van der Waals surface area contributed by atoms with Crippen LogP contribution in [0.1, 0.15) is 47.4 Å². The van der Waals surface area contributed by atoms with Crippen LogP contribution in [0.2, 0.25) is 0 Å². The van der Waals surface area contributed by atoms with Crippen LogP contribution in [-0.4, -0.2) is 74.7 Å². The molecule has 0 saturated carbocycles. The van der Waals surface area contributed by atoms with Gasteiger partial charge in [0.05, 0.1) is 19.3 Å². The van der Waals surface area contributed by atoms with Crippen molar-refractivity contribution in [1.29, 1.82) is 0 Å². The molecule has 31 heavy (non-hydrogen) atoms. The molecular weight excluding hydrogens is 408 g/mol. The van der Waals surface area contributed by atoms with E-state index in [1.54, 1.807) is 0 Å². The fraction of sp³-hybridized carbons (Fsp3) is 0.500. The Morgan fingerprint density at radius 1 is 1.13 bits per heavy atom. The van der Waals surface area contributed by atoms with Crippen LogP contribution in [0.3, 0.4) is 0 Å². The third-order valence-electron chi connectivity index (χ3n) is 5.17. The summed E-state index contributed by atoms with van der Waals surface area (Å²) in [4.78, 5) is 12.4. The van der Waals surface area contributed by atoms with E-state index in [9.17, 15) is 35.4 Å². The molecule has 1 heterocycles. The minimum Gasteiger partial charge on any atom is -0.507 e. The zero-order valence-corrected chi connectivity index (χ0v) is 17.5. The monoisotopic (exact) mass is 438 g/mol. The standard InChI is InChI=1S/C22H30O9/c1-3-4-5-6-7-8-9-12-10-13(24)16(18(26)15(12)22(29)30-2)21-20(28)19(27)17(25)14(11-23)31-21/h4-7,10,14,17,19-21,23-28H,3,8-9,11H2,1-2H3/b5-4+,7-6+/t14-,17-,19+,20-,21+/m1/s1. The lowest BCUT2D eigenvalue weighted by Crippen LogP contribution is -2.55. The number of methoxy groups -OCH3 is 1. The fourth-order valence-corrected chi connectivity index (χ4v) is 3.50. The van der Waals surface area contributed by atoms with Crippen molar-refractivity contribution in [3.8, 4) is 11.5 Å². The molecule has 1 aromatic rings. The van der Waals surface area contributed by atoms with Crippen molar-refractivity contribution in [2.75, 3.05) is 13.7 Å². The second-order valence-corrected chi connectivity index (χ2v) is 7.24. The number of phenols is 2. The minimum absolute atomic E-state index is 0.204. The predicted octanol–water partition coefficient (Wildman–Crippen LogP) is 0.854. The molecule has 9 nitrogen and oxygen atoms in total. The quantitative estimate of drug-likeness (QED) is 0.256. The third-order valence-corrected chi connectivity index (χ3v) is 5.17. The van der Waals surface area contributed by atoms with Crippen molar-refractivity contribution < 1.29 is 44.9 Å². The largest absolute Gasteiger partial charge is 0.507 e. The lowest BCUT2D eigenvalue weighted by Gasteiger charge is -2.40. The van der Waals surface area contributed by atoms with Crippen LogP contribution in [0.15, 0.2) is 30.4 Å². The SMILES string of the molecule is CC/C=C/C=C/CCc1cc(O)c([C@@H]2O[C@H](CO)[C@@H](O)[C@H](O)[C@H]2O)c(O)c1C(=O)OC. The molecule has 0 unspecified atom stereocenters. The second-order valence-electron chi connectivity index (χ2n) is 7.24. The van der Waals surface area contributed by atoms with Gasteiger partial charge in [-0.15, -0.1) is 0 Å². The highest BCUT2D eigenvalue weighted by Gasteiger charge is 2.46. The average Bonchev–Trinajstić information content (AvgIpc) is 2.75. The highest BCUT2D eigenvalue weighted by molar-refractivity contribution is 5.95. The summed E-state index contributed by atoms with van der Waals surface area (Å²) in [6, 6.07) is 1.26. The summed E-state index contributed by atoms with van der Waals surface area (Å²) in [7, 11) is 1.14. The van der Waals surface area contributed by atoms with Crippen molar-refractivity contribution in [1.82, 2.24) is 0 Å². The number of carbonyl (C=O) groups excluding carboxylic acids is 1. The van der Waals surface area contributed by atoms with Gasteiger partial charge in [0.15, 0.2) is 0 Å². The van der Waals surface area contributed by atoms with Crippen molar-refractivity contribution in [2.45, 2.75) is 56.7 Å². The van der Waals surface area contributed by atoms with E-state index in [-0.39, 0.29) is 11.1 Å². The lowest BCUT2D eigenvalue weighted by molar-refractivity contribution is -0.232. The van der Waals surface area contributed by atoms with Gasteiger partial charge in [0.1, 0.15) is 47.6 Å². The average molecular weight is 438 g/mol. The number of rotatable bonds is 8. The van der Waals surface area contributed by atoms with Crippen LogP contribution < -0.4 is 0 Å². The molecule has 9 heteroatoms. The Morgan fingerprint density at radius 3 is 2.42 bits per heavy atom. The van der Waals surface area contributed by atoms with E-state index in [2.05, 4.69) is 0 Å². The maximum Gasteiger partial charge on any atom is 0.341 e. The predicted molar refractivity (Wildman–Crippen MR) is 111 cm³/mol. The Bertz CT molecular complexity index is 816. The molecule has 1 saturated heterocycles. The smallest absolute Gasteiger partial charge is 0.341 e. The lowest BCUT2D eigenvalue weighted by atomic mass is 9.87. The van der Waals surface area contributed by atoms with E-state index in [0.29, 0.717) is 18.4 Å². The van der Waals surface area contributed by atoms with Crippen LogP contribution in [0.5, 0.6) is 11.5 Å². The van der Waals surface area contributed by atoms with E-state index in [4.69, 9.17) is 9.47 Å². The molecule has 5 atom stereocenters. The van der Waals surface area contributed by atoms with Crippen LogP contribution in [-0.2, 0) is 15.9 Å². The van der Waals surface area contributed by atoms with Gasteiger partial charge in [-0.2, -0.15) is 0 Å². The van der Waals surface area contributed by atoms with Gasteiger partial charge in [-0.25, -0.2) is 4.79 Å². The summed E-state index contributed by atoms with van der Waals surface area (Å²) in [5.41, 5.74) is -0.230. The number of esters is 1. The molecule has 172 valence electrons. The van der Waals surface area contributed by atoms with E-state index >= 15 is 0 Å². The zero-order chi connectivity index (χ0) is 23.1. The number of hydrogen-bond acceptors (Lipinski definition) is 9. The Hall–Kier alpha value is -2.43. The highest BCUT2D eigenvalue weighted by atomic mass is 16.5. The van der Waals surface area contributed by atoms with Gasteiger partial charge < -0.3 is 40.1 Å². The Kier molecular flexibility index (Phi) is 9.02. The van der Waals surface area contributed by atoms with Crippen molar-refractivity contribution >= 4 is 5.97 Å². The molecule has 0 amide bonds. The number of ether oxygens (including phenoxy) is 2. The number of aliphatic hydroxyl groups excluding tert-OH is 4. The summed E-state index contributed by atoms with van der Waals surface area (Å²) in [5, 5.41) is 61.1. The van der Waals surface area contributed by atoms with E-state index in [0.717, 1.165) is 13.5 Å². The van der Waals surface area contributed by atoms with E-state index < -0.39 is 54.6 Å². The molecule has 0 bridgehead atoms. The molecule has 0 aliphatic carbocycles. The molecule has 0 radical (unpaired) electrons. The number of aliphatic hydroxyl groups is 4. The van der Waals surface area contributed by atoms with E-state index in [1.165, 1.54) is 6.07 Å². The molecule has 1 aliphatic rings. The Morgan fingerprint density at radius 2 is 1.81 bits per heavy atom. The molecule has 0 aromatic heterocycles. The first-order valence-corrected chi connectivity index (χ1v) is 10.1. The van der Waals surface area contributed by atoms with Gasteiger partial charge in [-0.3, -0.25) is 0 Å². The first-order chi connectivity index (χ1) is 14.8. The highest BCUT2D eigenvalue weighted by Crippen LogP contribution is 2.44. The van der Waals surface area contributed by atoms with Gasteiger partial charge in [-0.1, -0.05) is 31.2 Å². The Balaban J connectivity index is 2.44. The second kappa shape index (κ2) is 11.3. The summed E-state index contributed by atoms with van der Waals surface area (Å²) < 4.78 is 10.2. The first-order valence-electron chi connectivity index (χ1n) is 10.1. The van der Waals surface area contributed by atoms with Gasteiger partial charge in [-0.05, 0) is 30.9 Å². The molecular formula is C22H30O9. The molecule has 6 N–H and O–H groups in total. The number of phenolic OH excluding ortho intramolecular Hbond substituents is 2.